The predicted molar refractivity (Wildman–Crippen MR) is 87.3 cm³/mol. The molecule has 0 atom stereocenters. The molecule has 0 aliphatic carbocycles. The second-order valence-electron chi connectivity index (χ2n) is 5.76. The van der Waals surface area contributed by atoms with E-state index in [1.54, 1.807) is 13.0 Å². The summed E-state index contributed by atoms with van der Waals surface area (Å²) in [4.78, 5) is 23.6. The van der Waals surface area contributed by atoms with Crippen LogP contribution in [0.1, 0.15) is 49.0 Å². The van der Waals surface area contributed by atoms with Gasteiger partial charge in [0.2, 0.25) is 0 Å². The summed E-state index contributed by atoms with van der Waals surface area (Å²) in [6.07, 6.45) is 1.83. The molecule has 0 saturated carbocycles. The van der Waals surface area contributed by atoms with E-state index in [1.807, 2.05) is 13.8 Å². The van der Waals surface area contributed by atoms with Gasteiger partial charge in [-0.1, -0.05) is 19.9 Å². The van der Waals surface area contributed by atoms with Gasteiger partial charge in [0.15, 0.2) is 9.84 Å². The number of benzene rings is 1. The van der Waals surface area contributed by atoms with Crippen LogP contribution in [0.5, 0.6) is 0 Å². The minimum atomic E-state index is -3.44. The van der Waals surface area contributed by atoms with Crippen molar-refractivity contribution in [1.29, 1.82) is 0 Å². The Morgan fingerprint density at radius 1 is 1.22 bits per heavy atom. The van der Waals surface area contributed by atoms with Gasteiger partial charge < -0.3 is 10.4 Å². The number of amides is 1. The second-order valence-corrected chi connectivity index (χ2v) is 7.75. The molecule has 0 radical (unpaired) electrons. The molecule has 0 heterocycles. The van der Waals surface area contributed by atoms with E-state index in [0.29, 0.717) is 18.4 Å². The molecule has 23 heavy (non-hydrogen) atoms. The van der Waals surface area contributed by atoms with Gasteiger partial charge in [-0.25, -0.2) is 8.42 Å². The molecule has 2 N–H and O–H groups in total. The summed E-state index contributed by atoms with van der Waals surface area (Å²) in [5.74, 6) is -1.46. The lowest BCUT2D eigenvalue weighted by Gasteiger charge is -2.31. The first-order valence-electron chi connectivity index (χ1n) is 7.39. The number of carboxylic acid groups (broad SMARTS) is 1. The predicted octanol–water partition coefficient (Wildman–Crippen LogP) is 2.16. The zero-order chi connectivity index (χ0) is 17.8. The monoisotopic (exact) mass is 341 g/mol. The summed E-state index contributed by atoms with van der Waals surface area (Å²) >= 11 is 0. The maximum absolute atomic E-state index is 12.5. The van der Waals surface area contributed by atoms with Crippen LogP contribution in [-0.2, 0) is 14.6 Å². The molecule has 6 nitrogen and oxygen atoms in total. The van der Waals surface area contributed by atoms with Crippen molar-refractivity contribution in [3.63, 3.8) is 0 Å². The molecule has 0 aliphatic rings. The number of aliphatic carboxylic acids is 1. The van der Waals surface area contributed by atoms with E-state index >= 15 is 0 Å². The molecule has 0 unspecified atom stereocenters. The van der Waals surface area contributed by atoms with E-state index in [0.717, 1.165) is 6.26 Å². The van der Waals surface area contributed by atoms with Crippen LogP contribution in [0.3, 0.4) is 0 Å². The summed E-state index contributed by atoms with van der Waals surface area (Å²) in [5.41, 5.74) is -0.0847. The lowest BCUT2D eigenvalue weighted by Crippen LogP contribution is -2.49. The fourth-order valence-corrected chi connectivity index (χ4v) is 3.46. The molecule has 1 rings (SSSR count). The number of carboxylic acids is 1. The second kappa shape index (κ2) is 7.12. The summed E-state index contributed by atoms with van der Waals surface area (Å²) in [5, 5.41) is 11.8. The molecule has 1 aromatic carbocycles. The van der Waals surface area contributed by atoms with Gasteiger partial charge in [0.25, 0.3) is 5.91 Å². The normalized spacial score (nSPS) is 12.0. The van der Waals surface area contributed by atoms with Crippen molar-refractivity contribution < 1.29 is 23.1 Å². The molecule has 0 fully saturated rings. The number of aryl methyl sites for hydroxylation is 1. The number of carbonyl (C=O) groups is 2. The Morgan fingerprint density at radius 3 is 2.22 bits per heavy atom. The molecule has 0 spiro atoms. The van der Waals surface area contributed by atoms with E-state index in [2.05, 4.69) is 5.32 Å². The number of hydrogen-bond acceptors (Lipinski definition) is 4. The highest BCUT2D eigenvalue weighted by molar-refractivity contribution is 7.90. The van der Waals surface area contributed by atoms with Gasteiger partial charge >= 0.3 is 5.97 Å². The first-order valence-corrected chi connectivity index (χ1v) is 9.29. The SMILES string of the molecule is CCC(CC)(CC(=O)O)NC(=O)c1ccc(C)c(S(C)(=O)=O)c1. The maximum atomic E-state index is 12.5. The Labute approximate surface area is 136 Å². The fraction of sp³-hybridized carbons (Fsp3) is 0.500. The van der Waals surface area contributed by atoms with Crippen LogP contribution in [-0.4, -0.2) is 37.2 Å². The smallest absolute Gasteiger partial charge is 0.305 e. The number of carbonyl (C=O) groups excluding carboxylic acids is 1. The van der Waals surface area contributed by atoms with E-state index in [9.17, 15) is 18.0 Å². The molecular weight excluding hydrogens is 318 g/mol. The van der Waals surface area contributed by atoms with Crippen molar-refractivity contribution in [2.45, 2.75) is 50.5 Å². The van der Waals surface area contributed by atoms with Gasteiger partial charge in [-0.15, -0.1) is 0 Å². The maximum Gasteiger partial charge on any atom is 0.305 e. The quantitative estimate of drug-likeness (QED) is 0.791. The minimum Gasteiger partial charge on any atom is -0.481 e. The van der Waals surface area contributed by atoms with Crippen LogP contribution in [0.2, 0.25) is 0 Å². The summed E-state index contributed by atoms with van der Waals surface area (Å²) in [6.45, 7) is 5.28. The molecule has 0 aliphatic heterocycles. The minimum absolute atomic E-state index is 0.0991. The third kappa shape index (κ3) is 4.79. The molecule has 0 saturated heterocycles. The van der Waals surface area contributed by atoms with Crippen molar-refractivity contribution >= 4 is 21.7 Å². The van der Waals surface area contributed by atoms with Crippen LogP contribution < -0.4 is 5.32 Å². The number of hydrogen-bond donors (Lipinski definition) is 2. The molecular formula is C16H23NO5S. The van der Waals surface area contributed by atoms with Gasteiger partial charge in [0.1, 0.15) is 0 Å². The van der Waals surface area contributed by atoms with Crippen molar-refractivity contribution in [2.24, 2.45) is 0 Å². The molecule has 0 bridgehead atoms. The zero-order valence-electron chi connectivity index (χ0n) is 13.8. The van der Waals surface area contributed by atoms with Crippen LogP contribution in [0.4, 0.5) is 0 Å². The van der Waals surface area contributed by atoms with Crippen LogP contribution in [0.15, 0.2) is 23.1 Å². The highest BCUT2D eigenvalue weighted by Gasteiger charge is 2.31. The average Bonchev–Trinajstić information content (AvgIpc) is 2.45. The summed E-state index contributed by atoms with van der Waals surface area (Å²) in [7, 11) is -3.44. The first-order chi connectivity index (χ1) is 10.5. The van der Waals surface area contributed by atoms with E-state index < -0.39 is 27.3 Å². The third-order valence-corrected chi connectivity index (χ3v) is 5.31. The van der Waals surface area contributed by atoms with E-state index in [-0.39, 0.29) is 16.9 Å². The summed E-state index contributed by atoms with van der Waals surface area (Å²) in [6, 6.07) is 4.44. The van der Waals surface area contributed by atoms with Gasteiger partial charge in [-0.3, -0.25) is 9.59 Å². The van der Waals surface area contributed by atoms with E-state index in [1.165, 1.54) is 12.1 Å². The van der Waals surface area contributed by atoms with Gasteiger partial charge in [0, 0.05) is 11.8 Å². The Bertz CT molecular complexity index is 705. The third-order valence-electron chi connectivity index (χ3n) is 4.07. The standard InChI is InChI=1S/C16H23NO5S/c1-5-16(6-2,10-14(18)19)17-15(20)12-8-7-11(3)13(9-12)23(4,21)22/h7-9H,5-6,10H2,1-4H3,(H,17,20)(H,18,19). The topological polar surface area (TPSA) is 101 Å². The number of nitrogens with one attached hydrogen (secondary N) is 1. The largest absolute Gasteiger partial charge is 0.481 e. The van der Waals surface area contributed by atoms with Crippen molar-refractivity contribution in [1.82, 2.24) is 5.32 Å². The van der Waals surface area contributed by atoms with Gasteiger partial charge in [-0.05, 0) is 37.5 Å². The first kappa shape index (κ1) is 19.2. The van der Waals surface area contributed by atoms with Crippen molar-refractivity contribution in [3.05, 3.63) is 29.3 Å². The molecule has 1 aromatic rings. The van der Waals surface area contributed by atoms with E-state index in [4.69, 9.17) is 5.11 Å². The lowest BCUT2D eigenvalue weighted by atomic mass is 9.88. The fourth-order valence-electron chi connectivity index (χ4n) is 2.46. The van der Waals surface area contributed by atoms with Crippen molar-refractivity contribution in [3.8, 4) is 0 Å². The van der Waals surface area contributed by atoms with Crippen LogP contribution in [0, 0.1) is 6.92 Å². The highest BCUT2D eigenvalue weighted by Crippen LogP contribution is 2.22. The Hall–Kier alpha value is -1.89. The van der Waals surface area contributed by atoms with Crippen molar-refractivity contribution in [2.75, 3.05) is 6.26 Å². The Morgan fingerprint density at radius 2 is 1.78 bits per heavy atom. The molecule has 128 valence electrons. The zero-order valence-corrected chi connectivity index (χ0v) is 14.7. The molecule has 1 amide bonds. The Balaban J connectivity index is 3.17. The lowest BCUT2D eigenvalue weighted by molar-refractivity contribution is -0.138. The molecule has 7 heteroatoms. The Kier molecular flexibility index (Phi) is 5.93. The molecule has 0 aromatic heterocycles. The van der Waals surface area contributed by atoms with Gasteiger partial charge in [0.05, 0.1) is 16.9 Å². The summed E-state index contributed by atoms with van der Waals surface area (Å²) < 4.78 is 23.5. The number of sulfone groups is 1. The van der Waals surface area contributed by atoms with Gasteiger partial charge in [-0.2, -0.15) is 0 Å². The van der Waals surface area contributed by atoms with Crippen LogP contribution in [0.25, 0.3) is 0 Å². The number of rotatable bonds is 7. The highest BCUT2D eigenvalue weighted by atomic mass is 32.2. The van der Waals surface area contributed by atoms with Crippen LogP contribution >= 0.6 is 0 Å². The average molecular weight is 341 g/mol.